The molecule has 4 aromatic heterocycles. The zero-order chi connectivity index (χ0) is 22.6. The summed E-state index contributed by atoms with van der Waals surface area (Å²) in [4.78, 5) is 17.4. The highest BCUT2D eigenvalue weighted by Crippen LogP contribution is 2.33. The van der Waals surface area contributed by atoms with E-state index in [1.54, 1.807) is 30.7 Å². The molecule has 2 N–H and O–H groups in total. The quantitative estimate of drug-likeness (QED) is 0.426. The van der Waals surface area contributed by atoms with Gasteiger partial charge in [0.15, 0.2) is 5.76 Å². The van der Waals surface area contributed by atoms with Crippen LogP contribution in [-0.4, -0.2) is 43.6 Å². The Morgan fingerprint density at radius 2 is 2.12 bits per heavy atom. The molecule has 170 valence electrons. The molecule has 0 saturated heterocycles. The van der Waals surface area contributed by atoms with E-state index in [-0.39, 0.29) is 17.7 Å². The molecular formula is C24H26N6O3. The minimum absolute atomic E-state index is 0.211. The van der Waals surface area contributed by atoms with Gasteiger partial charge in [-0.1, -0.05) is 6.07 Å². The summed E-state index contributed by atoms with van der Waals surface area (Å²) in [6.07, 6.45) is 11.3. The number of amides is 1. The Morgan fingerprint density at radius 1 is 1.24 bits per heavy atom. The molecule has 0 atom stereocenters. The second-order valence-corrected chi connectivity index (χ2v) is 8.08. The number of nitrogens with one attached hydrogen (secondary N) is 2. The van der Waals surface area contributed by atoms with E-state index in [0.29, 0.717) is 28.9 Å². The van der Waals surface area contributed by atoms with E-state index in [9.17, 15) is 4.79 Å². The van der Waals surface area contributed by atoms with Gasteiger partial charge in [0.2, 0.25) is 0 Å². The number of hydrogen-bond donors (Lipinski definition) is 2. The van der Waals surface area contributed by atoms with Crippen molar-refractivity contribution in [3.63, 3.8) is 0 Å². The lowest BCUT2D eigenvalue weighted by molar-refractivity contribution is 0.0260. The van der Waals surface area contributed by atoms with Gasteiger partial charge in [0.1, 0.15) is 11.5 Å². The fourth-order valence-electron chi connectivity index (χ4n) is 4.26. The summed E-state index contributed by atoms with van der Waals surface area (Å²) in [7, 11) is 0. The van der Waals surface area contributed by atoms with Gasteiger partial charge in [-0.3, -0.25) is 19.6 Å². The number of anilines is 1. The van der Waals surface area contributed by atoms with Crippen molar-refractivity contribution in [1.82, 2.24) is 25.0 Å². The fourth-order valence-corrected chi connectivity index (χ4v) is 4.26. The van der Waals surface area contributed by atoms with Gasteiger partial charge in [-0.15, -0.1) is 0 Å². The van der Waals surface area contributed by atoms with Crippen molar-refractivity contribution in [2.24, 2.45) is 0 Å². The van der Waals surface area contributed by atoms with E-state index in [2.05, 4.69) is 20.5 Å². The number of carbonyl (C=O) groups is 1. The minimum atomic E-state index is -0.346. The highest BCUT2D eigenvalue weighted by Gasteiger charge is 2.26. The molecule has 1 fully saturated rings. The summed E-state index contributed by atoms with van der Waals surface area (Å²) in [5, 5.41) is 14.4. The third-order valence-corrected chi connectivity index (χ3v) is 5.92. The molecule has 4 aromatic rings. The summed E-state index contributed by atoms with van der Waals surface area (Å²) < 4.78 is 13.5. The third kappa shape index (κ3) is 4.58. The average molecular weight is 447 g/mol. The summed E-state index contributed by atoms with van der Waals surface area (Å²) in [6.45, 7) is 2.77. The van der Waals surface area contributed by atoms with Crippen molar-refractivity contribution in [1.29, 1.82) is 0 Å². The summed E-state index contributed by atoms with van der Waals surface area (Å²) in [5.41, 5.74) is 2.72. The van der Waals surface area contributed by atoms with Crippen molar-refractivity contribution in [3.8, 4) is 22.7 Å². The number of rotatable bonds is 7. The number of hydrogen-bond acceptors (Lipinski definition) is 6. The van der Waals surface area contributed by atoms with E-state index < -0.39 is 0 Å². The van der Waals surface area contributed by atoms with Gasteiger partial charge in [-0.05, 0) is 56.9 Å². The lowest BCUT2D eigenvalue weighted by atomic mass is 9.93. The SMILES string of the molecule is CCO[C@H]1CC[C@H](n2cc(NC(=O)c3ccc(-c4cn[nH]c4)o3)c(-c3ccccn3)n2)CC1. The summed E-state index contributed by atoms with van der Waals surface area (Å²) in [5.74, 6) is 0.435. The van der Waals surface area contributed by atoms with Gasteiger partial charge < -0.3 is 14.5 Å². The van der Waals surface area contributed by atoms with Crippen LogP contribution >= 0.6 is 0 Å². The normalized spacial score (nSPS) is 18.3. The molecule has 9 nitrogen and oxygen atoms in total. The van der Waals surface area contributed by atoms with Crippen LogP contribution in [0.2, 0.25) is 0 Å². The minimum Gasteiger partial charge on any atom is -0.451 e. The first kappa shape index (κ1) is 21.1. The number of furan rings is 1. The molecule has 0 aliphatic heterocycles. The first-order chi connectivity index (χ1) is 16.2. The Hall–Kier alpha value is -3.72. The van der Waals surface area contributed by atoms with Gasteiger partial charge in [0.25, 0.3) is 5.91 Å². The standard InChI is InChI=1S/C24H26N6O3/c1-2-32-18-8-6-17(7-9-18)30-15-20(23(29-30)19-5-3-4-12-25-19)28-24(31)22-11-10-21(33-22)16-13-26-27-14-16/h3-5,10-15,17-18H,2,6-9H2,1H3,(H,26,27)(H,28,31)/t17-,18-. The Morgan fingerprint density at radius 3 is 2.85 bits per heavy atom. The first-order valence-electron chi connectivity index (χ1n) is 11.2. The molecule has 4 heterocycles. The molecule has 1 aliphatic rings. The lowest BCUT2D eigenvalue weighted by Gasteiger charge is -2.28. The van der Waals surface area contributed by atoms with Gasteiger partial charge in [-0.2, -0.15) is 10.2 Å². The first-order valence-corrected chi connectivity index (χ1v) is 11.2. The lowest BCUT2D eigenvalue weighted by Crippen LogP contribution is -2.24. The second kappa shape index (κ2) is 9.41. The molecule has 1 aliphatic carbocycles. The topological polar surface area (TPSA) is 111 Å². The van der Waals surface area contributed by atoms with Crippen molar-refractivity contribution in [2.75, 3.05) is 11.9 Å². The fraction of sp³-hybridized carbons (Fsp3) is 0.333. The molecule has 33 heavy (non-hydrogen) atoms. The highest BCUT2D eigenvalue weighted by molar-refractivity contribution is 6.04. The number of carbonyl (C=O) groups excluding carboxylic acids is 1. The monoisotopic (exact) mass is 446 g/mol. The molecule has 0 unspecified atom stereocenters. The highest BCUT2D eigenvalue weighted by atomic mass is 16.5. The van der Waals surface area contributed by atoms with Gasteiger partial charge in [0.05, 0.1) is 35.3 Å². The predicted molar refractivity (Wildman–Crippen MR) is 123 cm³/mol. The van der Waals surface area contributed by atoms with Gasteiger partial charge >= 0.3 is 0 Å². The van der Waals surface area contributed by atoms with Crippen LogP contribution in [0.5, 0.6) is 0 Å². The van der Waals surface area contributed by atoms with Crippen LogP contribution < -0.4 is 5.32 Å². The number of nitrogens with zero attached hydrogens (tertiary/aromatic N) is 4. The molecule has 5 rings (SSSR count). The zero-order valence-electron chi connectivity index (χ0n) is 18.4. The number of aromatic amines is 1. The van der Waals surface area contributed by atoms with Crippen molar-refractivity contribution >= 4 is 11.6 Å². The zero-order valence-corrected chi connectivity index (χ0v) is 18.4. The van der Waals surface area contributed by atoms with E-state index in [1.807, 2.05) is 36.0 Å². The van der Waals surface area contributed by atoms with Crippen LogP contribution in [-0.2, 0) is 4.74 Å². The van der Waals surface area contributed by atoms with Crippen LogP contribution in [0.25, 0.3) is 22.7 Å². The maximum atomic E-state index is 13.0. The summed E-state index contributed by atoms with van der Waals surface area (Å²) >= 11 is 0. The molecule has 0 spiro atoms. The molecule has 9 heteroatoms. The second-order valence-electron chi connectivity index (χ2n) is 8.08. The summed E-state index contributed by atoms with van der Waals surface area (Å²) in [6, 6.07) is 9.30. The molecule has 0 aromatic carbocycles. The largest absolute Gasteiger partial charge is 0.451 e. The number of aromatic nitrogens is 5. The number of H-pyrrole nitrogens is 1. The van der Waals surface area contributed by atoms with Crippen LogP contribution in [0.1, 0.15) is 49.2 Å². The Kier molecular flexibility index (Phi) is 6.03. The maximum absolute atomic E-state index is 13.0. The van der Waals surface area contributed by atoms with Crippen molar-refractivity contribution in [2.45, 2.75) is 44.8 Å². The van der Waals surface area contributed by atoms with Crippen molar-refractivity contribution < 1.29 is 13.9 Å². The molecule has 1 saturated carbocycles. The molecular weight excluding hydrogens is 420 g/mol. The molecule has 0 radical (unpaired) electrons. The van der Waals surface area contributed by atoms with E-state index >= 15 is 0 Å². The molecule has 1 amide bonds. The Balaban J connectivity index is 1.38. The molecule has 0 bridgehead atoms. The average Bonchev–Trinajstić information content (AvgIpc) is 3.61. The van der Waals surface area contributed by atoms with E-state index in [4.69, 9.17) is 14.3 Å². The van der Waals surface area contributed by atoms with E-state index in [0.717, 1.165) is 37.9 Å². The third-order valence-electron chi connectivity index (χ3n) is 5.92. The predicted octanol–water partition coefficient (Wildman–Crippen LogP) is 4.70. The van der Waals surface area contributed by atoms with Crippen LogP contribution in [0.4, 0.5) is 5.69 Å². The van der Waals surface area contributed by atoms with Gasteiger partial charge in [0, 0.05) is 25.2 Å². The number of ether oxygens (including phenoxy) is 1. The van der Waals surface area contributed by atoms with E-state index in [1.165, 1.54) is 0 Å². The number of pyridine rings is 1. The van der Waals surface area contributed by atoms with Crippen LogP contribution in [0.15, 0.2) is 59.5 Å². The smallest absolute Gasteiger partial charge is 0.291 e. The van der Waals surface area contributed by atoms with Crippen LogP contribution in [0.3, 0.4) is 0 Å². The van der Waals surface area contributed by atoms with Crippen LogP contribution in [0, 0.1) is 0 Å². The Bertz CT molecular complexity index is 1190. The maximum Gasteiger partial charge on any atom is 0.291 e. The van der Waals surface area contributed by atoms with Crippen molar-refractivity contribution in [3.05, 3.63) is 60.9 Å². The van der Waals surface area contributed by atoms with Gasteiger partial charge in [-0.25, -0.2) is 0 Å². The Labute approximate surface area is 191 Å².